The number of fused-ring (bicyclic) bond motifs is 3. The van der Waals surface area contributed by atoms with Crippen molar-refractivity contribution >= 4 is 11.4 Å². The molecule has 1 heterocycles. The Balaban J connectivity index is 1.82. The van der Waals surface area contributed by atoms with Crippen LogP contribution in [0, 0.1) is 11.8 Å². The highest BCUT2D eigenvalue weighted by Crippen LogP contribution is 2.48. The molecule has 3 atom stereocenters. The Kier molecular flexibility index (Phi) is 2.99. The molecule has 3 aliphatic rings. The number of carbonyl (C=O) groups excluding carboxylic acids is 1. The molecule has 0 unspecified atom stereocenters. The molecule has 2 fully saturated rings. The van der Waals surface area contributed by atoms with Gasteiger partial charge < -0.3 is 4.74 Å². The summed E-state index contributed by atoms with van der Waals surface area (Å²) in [5.41, 5.74) is 3.56. The van der Waals surface area contributed by atoms with Gasteiger partial charge in [-0.2, -0.15) is 0 Å². The van der Waals surface area contributed by atoms with Crippen LogP contribution >= 0.6 is 0 Å². The predicted octanol–water partition coefficient (Wildman–Crippen LogP) is 3.62. The molecule has 2 nitrogen and oxygen atoms in total. The van der Waals surface area contributed by atoms with E-state index in [9.17, 15) is 4.79 Å². The SMILES string of the molecule is O=C1C[C@@H]2CO[C@H]3CCCC[C@@H]3C2=C1c1ccccc1. The Bertz CT molecular complexity index is 558. The van der Waals surface area contributed by atoms with Gasteiger partial charge in [-0.15, -0.1) is 0 Å². The van der Waals surface area contributed by atoms with E-state index in [2.05, 4.69) is 12.1 Å². The summed E-state index contributed by atoms with van der Waals surface area (Å²) >= 11 is 0. The number of carbonyl (C=O) groups is 1. The fourth-order valence-electron chi connectivity index (χ4n) is 4.26. The molecule has 20 heavy (non-hydrogen) atoms. The molecule has 1 aromatic carbocycles. The molecule has 1 saturated heterocycles. The van der Waals surface area contributed by atoms with Crippen molar-refractivity contribution in [1.82, 2.24) is 0 Å². The van der Waals surface area contributed by atoms with E-state index in [0.29, 0.717) is 30.1 Å². The summed E-state index contributed by atoms with van der Waals surface area (Å²) < 4.78 is 6.04. The Labute approximate surface area is 119 Å². The molecule has 0 bridgehead atoms. The van der Waals surface area contributed by atoms with E-state index in [1.165, 1.54) is 24.8 Å². The summed E-state index contributed by atoms with van der Waals surface area (Å²) in [5.74, 6) is 1.16. The molecule has 104 valence electrons. The number of Topliss-reactive ketones (excluding diaryl/α,β-unsaturated/α-hetero) is 1. The molecular weight excluding hydrogens is 248 g/mol. The minimum atomic E-state index is 0.325. The Morgan fingerprint density at radius 3 is 2.70 bits per heavy atom. The van der Waals surface area contributed by atoms with Gasteiger partial charge in [0.25, 0.3) is 0 Å². The molecule has 2 aliphatic carbocycles. The number of ether oxygens (including phenoxy) is 1. The summed E-state index contributed by atoms with van der Waals surface area (Å²) in [6.07, 6.45) is 5.92. The largest absolute Gasteiger partial charge is 0.377 e. The van der Waals surface area contributed by atoms with Crippen LogP contribution < -0.4 is 0 Å². The molecule has 0 amide bonds. The van der Waals surface area contributed by atoms with Crippen LogP contribution in [0.1, 0.15) is 37.7 Å². The van der Waals surface area contributed by atoms with E-state index >= 15 is 0 Å². The number of hydrogen-bond donors (Lipinski definition) is 0. The lowest BCUT2D eigenvalue weighted by Gasteiger charge is -2.40. The summed E-state index contributed by atoms with van der Waals surface area (Å²) in [6.45, 7) is 0.749. The van der Waals surface area contributed by atoms with Gasteiger partial charge in [0.05, 0.1) is 12.7 Å². The maximum absolute atomic E-state index is 12.5. The van der Waals surface area contributed by atoms with Crippen LogP contribution in [-0.4, -0.2) is 18.5 Å². The molecule has 1 saturated carbocycles. The molecule has 0 aromatic heterocycles. The van der Waals surface area contributed by atoms with E-state index in [-0.39, 0.29) is 0 Å². The van der Waals surface area contributed by atoms with Gasteiger partial charge in [-0.3, -0.25) is 4.79 Å². The highest BCUT2D eigenvalue weighted by atomic mass is 16.5. The van der Waals surface area contributed by atoms with Gasteiger partial charge in [0.15, 0.2) is 5.78 Å². The fourth-order valence-corrected chi connectivity index (χ4v) is 4.26. The van der Waals surface area contributed by atoms with Crippen LogP contribution in [0.4, 0.5) is 0 Å². The Morgan fingerprint density at radius 1 is 1.05 bits per heavy atom. The number of allylic oxidation sites excluding steroid dienone is 1. The van der Waals surface area contributed by atoms with Crippen LogP contribution in [0.15, 0.2) is 35.9 Å². The average molecular weight is 268 g/mol. The highest BCUT2D eigenvalue weighted by molar-refractivity contribution is 6.24. The lowest BCUT2D eigenvalue weighted by molar-refractivity contribution is -0.114. The first kappa shape index (κ1) is 12.3. The third-order valence-electron chi connectivity index (χ3n) is 5.12. The van der Waals surface area contributed by atoms with Crippen molar-refractivity contribution in [2.24, 2.45) is 11.8 Å². The zero-order valence-electron chi connectivity index (χ0n) is 11.7. The molecule has 1 aromatic rings. The quantitative estimate of drug-likeness (QED) is 0.777. The second-order valence-electron chi connectivity index (χ2n) is 6.28. The van der Waals surface area contributed by atoms with E-state index in [1.54, 1.807) is 0 Å². The summed E-state index contributed by atoms with van der Waals surface area (Å²) in [7, 11) is 0. The smallest absolute Gasteiger partial charge is 0.164 e. The molecule has 2 heteroatoms. The minimum Gasteiger partial charge on any atom is -0.377 e. The predicted molar refractivity (Wildman–Crippen MR) is 78.2 cm³/mol. The third-order valence-corrected chi connectivity index (χ3v) is 5.12. The van der Waals surface area contributed by atoms with E-state index < -0.39 is 0 Å². The van der Waals surface area contributed by atoms with E-state index in [0.717, 1.165) is 24.2 Å². The van der Waals surface area contributed by atoms with Crippen molar-refractivity contribution in [3.8, 4) is 0 Å². The van der Waals surface area contributed by atoms with E-state index in [1.807, 2.05) is 18.2 Å². The second kappa shape index (κ2) is 4.85. The normalized spacial score (nSPS) is 33.0. The summed E-state index contributed by atoms with van der Waals surface area (Å²) in [4.78, 5) is 12.5. The van der Waals surface area contributed by atoms with Gasteiger partial charge in [0, 0.05) is 23.8 Å². The standard InChI is InChI=1S/C18H20O2/c19-15-10-13-11-20-16-9-5-4-8-14(16)17(13)18(15)12-6-2-1-3-7-12/h1-3,6-7,13-14,16H,4-5,8-11H2/t13-,14+,16+/m1/s1. The van der Waals surface area contributed by atoms with Gasteiger partial charge in [-0.05, 0) is 24.0 Å². The highest BCUT2D eigenvalue weighted by Gasteiger charge is 2.44. The first-order valence-electron chi connectivity index (χ1n) is 7.79. The zero-order chi connectivity index (χ0) is 13.5. The number of hydrogen-bond acceptors (Lipinski definition) is 2. The molecule has 1 aliphatic heterocycles. The topological polar surface area (TPSA) is 26.3 Å². The van der Waals surface area contributed by atoms with Gasteiger partial charge in [0.2, 0.25) is 0 Å². The van der Waals surface area contributed by atoms with Crippen LogP contribution in [0.25, 0.3) is 5.57 Å². The minimum absolute atomic E-state index is 0.325. The molecule has 4 rings (SSSR count). The van der Waals surface area contributed by atoms with Gasteiger partial charge >= 0.3 is 0 Å². The molecule has 0 N–H and O–H groups in total. The maximum Gasteiger partial charge on any atom is 0.164 e. The Hall–Kier alpha value is -1.41. The van der Waals surface area contributed by atoms with Crippen molar-refractivity contribution in [3.63, 3.8) is 0 Å². The summed E-state index contributed by atoms with van der Waals surface area (Å²) in [6, 6.07) is 10.2. The van der Waals surface area contributed by atoms with Crippen molar-refractivity contribution < 1.29 is 9.53 Å². The lowest BCUT2D eigenvalue weighted by atomic mass is 9.74. The zero-order valence-corrected chi connectivity index (χ0v) is 11.7. The number of rotatable bonds is 1. The van der Waals surface area contributed by atoms with Crippen molar-refractivity contribution in [2.45, 2.75) is 38.2 Å². The van der Waals surface area contributed by atoms with Gasteiger partial charge in [-0.1, -0.05) is 43.2 Å². The van der Waals surface area contributed by atoms with Crippen molar-refractivity contribution in [2.75, 3.05) is 6.61 Å². The Morgan fingerprint density at radius 2 is 1.85 bits per heavy atom. The third kappa shape index (κ3) is 1.86. The average Bonchev–Trinajstić information content (AvgIpc) is 2.84. The van der Waals surface area contributed by atoms with Gasteiger partial charge in [-0.25, -0.2) is 0 Å². The van der Waals surface area contributed by atoms with Crippen molar-refractivity contribution in [1.29, 1.82) is 0 Å². The number of ketones is 1. The molecule has 0 spiro atoms. The van der Waals surface area contributed by atoms with Crippen LogP contribution in [0.3, 0.4) is 0 Å². The lowest BCUT2D eigenvalue weighted by Crippen LogP contribution is -2.37. The monoisotopic (exact) mass is 268 g/mol. The van der Waals surface area contributed by atoms with E-state index in [4.69, 9.17) is 4.74 Å². The van der Waals surface area contributed by atoms with Crippen LogP contribution in [0.2, 0.25) is 0 Å². The fraction of sp³-hybridized carbons (Fsp3) is 0.500. The number of benzene rings is 1. The summed E-state index contributed by atoms with van der Waals surface area (Å²) in [5, 5.41) is 0. The maximum atomic E-state index is 12.5. The van der Waals surface area contributed by atoms with Crippen LogP contribution in [0.5, 0.6) is 0 Å². The van der Waals surface area contributed by atoms with Crippen LogP contribution in [-0.2, 0) is 9.53 Å². The first-order chi connectivity index (χ1) is 9.84. The van der Waals surface area contributed by atoms with Crippen molar-refractivity contribution in [3.05, 3.63) is 41.5 Å². The van der Waals surface area contributed by atoms with Gasteiger partial charge in [0.1, 0.15) is 0 Å². The first-order valence-corrected chi connectivity index (χ1v) is 7.79. The second-order valence-corrected chi connectivity index (χ2v) is 6.28. The molecule has 0 radical (unpaired) electrons. The molecular formula is C18H20O2.